The van der Waals surface area contributed by atoms with Gasteiger partial charge in [-0.3, -0.25) is 4.79 Å². The van der Waals surface area contributed by atoms with Gasteiger partial charge in [0.15, 0.2) is 18.1 Å². The van der Waals surface area contributed by atoms with Crippen molar-refractivity contribution in [3.05, 3.63) is 34.4 Å². The zero-order valence-corrected chi connectivity index (χ0v) is 19.6. The molecule has 0 bridgehead atoms. The predicted molar refractivity (Wildman–Crippen MR) is 126 cm³/mol. The van der Waals surface area contributed by atoms with E-state index in [4.69, 9.17) is 26.2 Å². The van der Waals surface area contributed by atoms with E-state index < -0.39 is 0 Å². The van der Waals surface area contributed by atoms with E-state index >= 15 is 0 Å². The molecule has 5 N–H and O–H groups in total. The van der Waals surface area contributed by atoms with Gasteiger partial charge < -0.3 is 31.2 Å². The van der Waals surface area contributed by atoms with Crippen LogP contribution in [0, 0.1) is 11.3 Å². The molecule has 9 heteroatoms. The van der Waals surface area contributed by atoms with Crippen LogP contribution in [-0.4, -0.2) is 56.7 Å². The van der Waals surface area contributed by atoms with Crippen LogP contribution in [-0.2, 0) is 4.79 Å². The van der Waals surface area contributed by atoms with E-state index in [1.807, 2.05) is 19.9 Å². The molecular weight excluding hydrogens is 414 g/mol. The standard InChI is InChI=1S/C15H17N3O3S.C5H12N2.C2H6/c1-20-12-4-2-3-10(7-16)15(12)21-9-14(19)18-6-5-11(17)13(22)8-18;6-4-5-2-1-3-7-5;1-2/h2-4,22H,5-6,8-9,17H2,1H3;5,7H,1-4,6H2;1-2H3. The molecule has 1 fully saturated rings. The summed E-state index contributed by atoms with van der Waals surface area (Å²) in [4.78, 5) is 14.5. The van der Waals surface area contributed by atoms with E-state index in [0.717, 1.165) is 6.54 Å². The van der Waals surface area contributed by atoms with E-state index in [1.54, 1.807) is 23.1 Å². The number of nitrogens with two attached hydrogens (primary N) is 2. The van der Waals surface area contributed by atoms with Crippen LogP contribution in [0.25, 0.3) is 0 Å². The molecular formula is C22H35N5O3S. The Morgan fingerprint density at radius 2 is 2.16 bits per heavy atom. The molecule has 1 aromatic carbocycles. The topological polar surface area (TPSA) is 127 Å². The molecule has 1 aromatic rings. The summed E-state index contributed by atoms with van der Waals surface area (Å²) in [5.74, 6) is 0.511. The summed E-state index contributed by atoms with van der Waals surface area (Å²) in [6.45, 7) is 6.72. The highest BCUT2D eigenvalue weighted by Crippen LogP contribution is 2.30. The van der Waals surface area contributed by atoms with Crippen molar-refractivity contribution < 1.29 is 14.3 Å². The molecule has 1 saturated heterocycles. The van der Waals surface area contributed by atoms with Gasteiger partial charge in [-0.2, -0.15) is 5.26 Å². The van der Waals surface area contributed by atoms with Crippen molar-refractivity contribution in [3.63, 3.8) is 0 Å². The molecule has 2 aliphatic heterocycles. The van der Waals surface area contributed by atoms with Crippen LogP contribution in [0.4, 0.5) is 0 Å². The van der Waals surface area contributed by atoms with Gasteiger partial charge in [0.2, 0.25) is 0 Å². The number of rotatable bonds is 5. The molecule has 2 aliphatic rings. The van der Waals surface area contributed by atoms with Crippen LogP contribution >= 0.6 is 12.6 Å². The number of para-hydroxylation sites is 1. The van der Waals surface area contributed by atoms with Crippen molar-refractivity contribution in [2.45, 2.75) is 39.2 Å². The second kappa shape index (κ2) is 14.6. The number of amides is 1. The highest BCUT2D eigenvalue weighted by Gasteiger charge is 2.21. The zero-order chi connectivity index (χ0) is 23.2. The van der Waals surface area contributed by atoms with E-state index in [0.29, 0.717) is 47.5 Å². The number of methoxy groups -OCH3 is 1. The first-order valence-corrected chi connectivity index (χ1v) is 11.0. The summed E-state index contributed by atoms with van der Waals surface area (Å²) in [5.41, 5.74) is 12.2. The SMILES string of the molecule is CC.COc1cccc(C#N)c1OCC(=O)N1CCC(N)=C(S)C1.NCC1CCCN1. The Hall–Kier alpha value is -2.41. The minimum absolute atomic E-state index is 0.171. The Morgan fingerprint density at radius 3 is 2.68 bits per heavy atom. The smallest absolute Gasteiger partial charge is 0.260 e. The lowest BCUT2D eigenvalue weighted by Crippen LogP contribution is -2.40. The van der Waals surface area contributed by atoms with Crippen LogP contribution in [0.3, 0.4) is 0 Å². The third-order valence-corrected chi connectivity index (χ3v) is 5.25. The van der Waals surface area contributed by atoms with Crippen molar-refractivity contribution in [2.75, 3.05) is 39.9 Å². The number of thiol groups is 1. The Labute approximate surface area is 191 Å². The molecule has 0 radical (unpaired) electrons. The first-order chi connectivity index (χ1) is 15.0. The first-order valence-electron chi connectivity index (χ1n) is 10.6. The number of benzene rings is 1. The Kier molecular flexibility index (Phi) is 12.5. The quantitative estimate of drug-likeness (QED) is 0.506. The van der Waals surface area contributed by atoms with Gasteiger partial charge in [0.25, 0.3) is 5.91 Å². The summed E-state index contributed by atoms with van der Waals surface area (Å²) in [5, 5.41) is 12.4. The molecule has 31 heavy (non-hydrogen) atoms. The highest BCUT2D eigenvalue weighted by atomic mass is 32.1. The normalized spacial score (nSPS) is 17.5. The minimum Gasteiger partial charge on any atom is -0.493 e. The van der Waals surface area contributed by atoms with Crippen molar-refractivity contribution in [3.8, 4) is 17.6 Å². The van der Waals surface area contributed by atoms with Crippen LogP contribution in [0.5, 0.6) is 11.5 Å². The summed E-state index contributed by atoms with van der Waals surface area (Å²) in [7, 11) is 1.48. The Bertz CT molecular complexity index is 773. The van der Waals surface area contributed by atoms with Crippen LogP contribution in [0.15, 0.2) is 28.8 Å². The van der Waals surface area contributed by atoms with Crippen molar-refractivity contribution >= 4 is 18.5 Å². The first kappa shape index (κ1) is 26.6. The third-order valence-electron chi connectivity index (χ3n) is 4.82. The average molecular weight is 450 g/mol. The molecule has 1 amide bonds. The van der Waals surface area contributed by atoms with E-state index in [1.165, 1.54) is 26.5 Å². The fraction of sp³-hybridized carbons (Fsp3) is 0.545. The van der Waals surface area contributed by atoms with Gasteiger partial charge in [-0.05, 0) is 31.5 Å². The number of nitrogens with one attached hydrogen (secondary N) is 1. The molecule has 172 valence electrons. The van der Waals surface area contributed by atoms with E-state index in [-0.39, 0.29) is 18.3 Å². The molecule has 1 unspecified atom stereocenters. The minimum atomic E-state index is -0.186. The monoisotopic (exact) mass is 449 g/mol. The highest BCUT2D eigenvalue weighted by molar-refractivity contribution is 7.84. The Balaban J connectivity index is 0.000000447. The fourth-order valence-electron chi connectivity index (χ4n) is 3.07. The molecule has 1 atom stereocenters. The number of carbonyl (C=O) groups excluding carboxylic acids is 1. The summed E-state index contributed by atoms with van der Waals surface area (Å²) in [6.07, 6.45) is 3.18. The maximum Gasteiger partial charge on any atom is 0.260 e. The van der Waals surface area contributed by atoms with Gasteiger partial charge in [0, 0.05) is 36.2 Å². The number of carbonyl (C=O) groups is 1. The van der Waals surface area contributed by atoms with E-state index in [9.17, 15) is 4.79 Å². The number of ether oxygens (including phenoxy) is 2. The lowest BCUT2D eigenvalue weighted by Gasteiger charge is -2.27. The lowest BCUT2D eigenvalue weighted by molar-refractivity contribution is -0.133. The number of nitriles is 1. The number of nitrogens with zero attached hydrogens (tertiary/aromatic N) is 2. The van der Waals surface area contributed by atoms with Gasteiger partial charge in [0.1, 0.15) is 6.07 Å². The third kappa shape index (κ3) is 8.32. The number of hydrogen-bond acceptors (Lipinski definition) is 8. The largest absolute Gasteiger partial charge is 0.493 e. The maximum absolute atomic E-state index is 12.2. The van der Waals surface area contributed by atoms with Gasteiger partial charge in [-0.1, -0.05) is 19.9 Å². The van der Waals surface area contributed by atoms with Gasteiger partial charge in [-0.15, -0.1) is 12.6 Å². The summed E-state index contributed by atoms with van der Waals surface area (Å²) < 4.78 is 10.7. The molecule has 0 aliphatic carbocycles. The molecule has 3 rings (SSSR count). The fourth-order valence-corrected chi connectivity index (χ4v) is 3.35. The van der Waals surface area contributed by atoms with Crippen LogP contribution < -0.4 is 26.3 Å². The molecule has 0 saturated carbocycles. The average Bonchev–Trinajstić information content (AvgIpc) is 3.34. The second-order valence-corrected chi connectivity index (χ2v) is 7.34. The van der Waals surface area contributed by atoms with Crippen molar-refractivity contribution in [1.82, 2.24) is 10.2 Å². The zero-order valence-electron chi connectivity index (χ0n) is 18.7. The molecule has 8 nitrogen and oxygen atoms in total. The van der Waals surface area contributed by atoms with E-state index in [2.05, 4.69) is 17.9 Å². The van der Waals surface area contributed by atoms with Gasteiger partial charge in [-0.25, -0.2) is 0 Å². The molecule has 0 aromatic heterocycles. The number of hydrogen-bond donors (Lipinski definition) is 4. The Morgan fingerprint density at radius 1 is 1.42 bits per heavy atom. The van der Waals surface area contributed by atoms with Gasteiger partial charge >= 0.3 is 0 Å². The molecule has 2 heterocycles. The van der Waals surface area contributed by atoms with Gasteiger partial charge in [0.05, 0.1) is 19.2 Å². The summed E-state index contributed by atoms with van der Waals surface area (Å²) >= 11 is 4.27. The van der Waals surface area contributed by atoms with Crippen molar-refractivity contribution in [2.24, 2.45) is 11.5 Å². The predicted octanol–water partition coefficient (Wildman–Crippen LogP) is 2.00. The second-order valence-electron chi connectivity index (χ2n) is 6.80. The maximum atomic E-state index is 12.2. The van der Waals surface area contributed by atoms with Crippen molar-refractivity contribution in [1.29, 1.82) is 5.26 Å². The summed E-state index contributed by atoms with van der Waals surface area (Å²) in [6, 6.07) is 7.62. The lowest BCUT2D eigenvalue weighted by atomic mass is 10.2. The molecule has 0 spiro atoms. The van der Waals surface area contributed by atoms with Crippen LogP contribution in [0.1, 0.15) is 38.7 Å². The van der Waals surface area contributed by atoms with Crippen LogP contribution in [0.2, 0.25) is 0 Å².